The fraction of sp³-hybridized carbons (Fsp3) is 0.364. The molecule has 1 aliphatic heterocycles. The number of nitrogens with one attached hydrogen (secondary N) is 1. The first-order valence-corrected chi connectivity index (χ1v) is 9.83. The van der Waals surface area contributed by atoms with Crippen molar-refractivity contribution in [3.8, 4) is 0 Å². The lowest BCUT2D eigenvalue weighted by Gasteiger charge is -2.42. The first kappa shape index (κ1) is 20.1. The average molecular weight is 423 g/mol. The Morgan fingerprint density at radius 3 is 2.65 bits per heavy atom. The summed E-state index contributed by atoms with van der Waals surface area (Å²) in [7, 11) is -3.69. The molecule has 142 valence electrons. The van der Waals surface area contributed by atoms with Crippen LogP contribution in [0.5, 0.6) is 0 Å². The van der Waals surface area contributed by atoms with Gasteiger partial charge in [0.25, 0.3) is 11.8 Å². The quantitative estimate of drug-likeness (QED) is 0.218. The molecule has 26 heavy (non-hydrogen) atoms. The first-order valence-electron chi connectivity index (χ1n) is 6.67. The Morgan fingerprint density at radius 2 is 2.19 bits per heavy atom. The van der Waals surface area contributed by atoms with Crippen molar-refractivity contribution < 1.29 is 32.2 Å². The molecule has 0 aliphatic carbocycles. The maximum Gasteiger partial charge on any atom is 0.363 e. The predicted octanol–water partition coefficient (Wildman–Crippen LogP) is -1.19. The van der Waals surface area contributed by atoms with E-state index < -0.39 is 38.6 Å². The SMILES string of the molecule is CON=C(C(=O)N[C@@H]1C(=O)N(S(=O)(=O)O)[C@H]1SC(C)=O)c1csc(N)n1. The molecule has 0 unspecified atom stereocenters. The van der Waals surface area contributed by atoms with E-state index in [2.05, 4.69) is 20.3 Å². The molecule has 2 atom stereocenters. The Kier molecular flexibility index (Phi) is 5.84. The van der Waals surface area contributed by atoms with Crippen LogP contribution in [0.1, 0.15) is 12.6 Å². The molecule has 1 saturated heterocycles. The van der Waals surface area contributed by atoms with Gasteiger partial charge in [0.05, 0.1) is 0 Å². The lowest BCUT2D eigenvalue weighted by molar-refractivity contribution is -0.141. The number of thiazole rings is 1. The summed E-state index contributed by atoms with van der Waals surface area (Å²) in [6.45, 7) is 1.14. The monoisotopic (exact) mass is 423 g/mol. The second kappa shape index (κ2) is 7.56. The van der Waals surface area contributed by atoms with Crippen LogP contribution in [0.3, 0.4) is 0 Å². The summed E-state index contributed by atoms with van der Waals surface area (Å²) in [4.78, 5) is 44.1. The van der Waals surface area contributed by atoms with Crippen LogP contribution in [0.25, 0.3) is 0 Å². The van der Waals surface area contributed by atoms with Crippen LogP contribution in [0.15, 0.2) is 10.5 Å². The van der Waals surface area contributed by atoms with Crippen molar-refractivity contribution in [2.45, 2.75) is 18.3 Å². The van der Waals surface area contributed by atoms with Crippen LogP contribution in [0.4, 0.5) is 5.13 Å². The minimum Gasteiger partial charge on any atom is -0.398 e. The highest BCUT2D eigenvalue weighted by Gasteiger charge is 2.55. The van der Waals surface area contributed by atoms with Crippen LogP contribution in [-0.2, 0) is 29.5 Å². The molecule has 0 radical (unpaired) electrons. The van der Waals surface area contributed by atoms with E-state index in [-0.39, 0.29) is 20.8 Å². The summed E-state index contributed by atoms with van der Waals surface area (Å²) < 4.78 is 31.7. The number of oxime groups is 1. The lowest BCUT2D eigenvalue weighted by Crippen LogP contribution is -2.71. The van der Waals surface area contributed by atoms with Crippen LogP contribution in [0, 0.1) is 0 Å². The summed E-state index contributed by atoms with van der Waals surface area (Å²) in [5, 5.41) is 5.52. The summed E-state index contributed by atoms with van der Waals surface area (Å²) in [6.07, 6.45) is 0. The zero-order valence-corrected chi connectivity index (χ0v) is 15.7. The average Bonchev–Trinajstić information content (AvgIpc) is 2.94. The topological polar surface area (TPSA) is 181 Å². The van der Waals surface area contributed by atoms with Gasteiger partial charge in [-0.05, 0) is 0 Å². The standard InChI is InChI=1S/C11H13N5O7S3/c1-4(17)25-10-7(9(19)16(10)26(20,21)22)14-8(18)6(15-23-2)5-3-24-11(12)13-5/h3,7,10H,1-2H3,(H2,12,13)(H,14,18)(H,20,21,22)/t7-,10+/m1/s1. The van der Waals surface area contributed by atoms with Crippen molar-refractivity contribution in [1.29, 1.82) is 0 Å². The van der Waals surface area contributed by atoms with Gasteiger partial charge in [-0.2, -0.15) is 12.7 Å². The van der Waals surface area contributed by atoms with Crippen molar-refractivity contribution in [2.75, 3.05) is 12.8 Å². The fourth-order valence-corrected chi connectivity index (χ4v) is 4.59. The molecular formula is C11H13N5O7S3. The van der Waals surface area contributed by atoms with Crippen molar-refractivity contribution >= 4 is 61.2 Å². The van der Waals surface area contributed by atoms with E-state index in [0.717, 1.165) is 18.3 Å². The smallest absolute Gasteiger partial charge is 0.363 e. The molecule has 4 N–H and O–H groups in total. The third kappa shape index (κ3) is 4.12. The zero-order chi connectivity index (χ0) is 19.6. The van der Waals surface area contributed by atoms with E-state index in [0.29, 0.717) is 11.8 Å². The fourth-order valence-electron chi connectivity index (χ4n) is 2.00. The Labute approximate surface area is 155 Å². The number of carbonyl (C=O) groups excluding carboxylic acids is 3. The lowest BCUT2D eigenvalue weighted by atomic mass is 10.1. The molecule has 2 heterocycles. The number of nitrogens with zero attached hydrogens (tertiary/aromatic N) is 3. The highest BCUT2D eigenvalue weighted by molar-refractivity contribution is 8.14. The number of aromatic nitrogens is 1. The number of thioether (sulfide) groups is 1. The molecule has 0 aromatic carbocycles. The van der Waals surface area contributed by atoms with Crippen molar-refractivity contribution in [3.05, 3.63) is 11.1 Å². The second-order valence-electron chi connectivity index (χ2n) is 4.76. The van der Waals surface area contributed by atoms with E-state index in [1.54, 1.807) is 0 Å². The van der Waals surface area contributed by atoms with Gasteiger partial charge in [-0.3, -0.25) is 18.9 Å². The number of carbonyl (C=O) groups is 3. The van der Waals surface area contributed by atoms with Gasteiger partial charge < -0.3 is 15.9 Å². The molecule has 1 fully saturated rings. The van der Waals surface area contributed by atoms with E-state index in [9.17, 15) is 22.8 Å². The third-order valence-corrected chi connectivity index (χ3v) is 5.75. The van der Waals surface area contributed by atoms with Crippen LogP contribution < -0.4 is 11.1 Å². The van der Waals surface area contributed by atoms with Gasteiger partial charge in [0, 0.05) is 12.3 Å². The Balaban J connectivity index is 2.24. The van der Waals surface area contributed by atoms with Crippen LogP contribution in [0.2, 0.25) is 0 Å². The molecule has 12 nitrogen and oxygen atoms in total. The number of nitrogens with two attached hydrogens (primary N) is 1. The van der Waals surface area contributed by atoms with Crippen molar-refractivity contribution in [3.63, 3.8) is 0 Å². The number of hydrogen-bond acceptors (Lipinski definition) is 11. The van der Waals surface area contributed by atoms with E-state index in [1.165, 1.54) is 12.5 Å². The van der Waals surface area contributed by atoms with Gasteiger partial charge in [0.2, 0.25) is 0 Å². The molecule has 0 bridgehead atoms. The summed E-state index contributed by atoms with van der Waals surface area (Å²) >= 11 is 1.50. The van der Waals surface area contributed by atoms with Crippen LogP contribution >= 0.6 is 23.1 Å². The largest absolute Gasteiger partial charge is 0.398 e. The van der Waals surface area contributed by atoms with E-state index in [4.69, 9.17) is 10.3 Å². The summed E-state index contributed by atoms with van der Waals surface area (Å²) in [6, 6.07) is -1.38. The van der Waals surface area contributed by atoms with Gasteiger partial charge in [-0.25, -0.2) is 4.98 Å². The van der Waals surface area contributed by atoms with Gasteiger partial charge in [0.1, 0.15) is 24.2 Å². The molecule has 15 heteroatoms. The number of hydrogen-bond donors (Lipinski definition) is 3. The maximum atomic E-state index is 12.4. The highest BCUT2D eigenvalue weighted by Crippen LogP contribution is 2.32. The van der Waals surface area contributed by atoms with E-state index in [1.807, 2.05) is 0 Å². The maximum absolute atomic E-state index is 12.4. The molecular weight excluding hydrogens is 410 g/mol. The molecule has 1 aliphatic rings. The number of amides is 2. The summed E-state index contributed by atoms with van der Waals surface area (Å²) in [5.74, 6) is -2.01. The van der Waals surface area contributed by atoms with Gasteiger partial charge >= 0.3 is 10.3 Å². The third-order valence-electron chi connectivity index (χ3n) is 2.98. The number of anilines is 1. The minimum atomic E-state index is -4.88. The number of nitrogen functional groups attached to an aromatic ring is 1. The summed E-state index contributed by atoms with van der Waals surface area (Å²) in [5.41, 5.74) is 5.28. The molecule has 2 rings (SSSR count). The number of rotatable bonds is 6. The van der Waals surface area contributed by atoms with Gasteiger partial charge in [-0.1, -0.05) is 16.9 Å². The second-order valence-corrected chi connectivity index (χ2v) is 8.23. The molecule has 0 spiro atoms. The Morgan fingerprint density at radius 1 is 1.54 bits per heavy atom. The van der Waals surface area contributed by atoms with Crippen molar-refractivity contribution in [1.82, 2.24) is 14.6 Å². The predicted molar refractivity (Wildman–Crippen MR) is 92.5 cm³/mol. The molecule has 2 amide bonds. The Hall–Kier alpha value is -2.23. The molecule has 1 aromatic rings. The molecule has 0 saturated carbocycles. The van der Waals surface area contributed by atoms with Gasteiger partial charge in [-0.15, -0.1) is 11.3 Å². The first-order chi connectivity index (χ1) is 12.1. The number of β-lactam (4-membered cyclic amide) rings is 1. The minimum absolute atomic E-state index is 0.0843. The van der Waals surface area contributed by atoms with Gasteiger partial charge in [0.15, 0.2) is 16.0 Å². The Bertz CT molecular complexity index is 880. The highest BCUT2D eigenvalue weighted by atomic mass is 32.2. The van der Waals surface area contributed by atoms with Crippen LogP contribution in [-0.4, -0.2) is 63.4 Å². The molecule has 1 aromatic heterocycles. The zero-order valence-electron chi connectivity index (χ0n) is 13.3. The van der Waals surface area contributed by atoms with Crippen molar-refractivity contribution in [2.24, 2.45) is 5.16 Å². The van der Waals surface area contributed by atoms with E-state index >= 15 is 0 Å². The normalized spacial score (nSPS) is 20.5.